The predicted molar refractivity (Wildman–Crippen MR) is 87.3 cm³/mol. The molecule has 1 aliphatic rings. The van der Waals surface area contributed by atoms with Crippen molar-refractivity contribution in [1.82, 2.24) is 0 Å². The molecule has 0 aromatic carbocycles. The molecule has 1 aromatic rings. The molecule has 1 amide bonds. The fraction of sp³-hybridized carbons (Fsp3) is 0.538. The molecule has 2 rings (SSSR count). The molecule has 1 aliphatic heterocycles. The molecular formula is C13H19N3O3S2. The minimum absolute atomic E-state index is 0.131. The molecule has 0 radical (unpaired) electrons. The van der Waals surface area contributed by atoms with Gasteiger partial charge >= 0.3 is 5.97 Å². The van der Waals surface area contributed by atoms with Gasteiger partial charge in [0.2, 0.25) is 0 Å². The Labute approximate surface area is 131 Å². The zero-order valence-corrected chi connectivity index (χ0v) is 13.7. The minimum Gasteiger partial charge on any atom is -0.462 e. The van der Waals surface area contributed by atoms with Crippen molar-refractivity contribution < 1.29 is 14.3 Å². The van der Waals surface area contributed by atoms with Gasteiger partial charge in [0.25, 0.3) is 5.91 Å². The van der Waals surface area contributed by atoms with E-state index < -0.39 is 11.9 Å². The maximum Gasteiger partial charge on any atom is 0.343 e. The van der Waals surface area contributed by atoms with E-state index in [0.717, 1.165) is 18.8 Å². The van der Waals surface area contributed by atoms with Gasteiger partial charge in [-0.1, -0.05) is 6.92 Å². The van der Waals surface area contributed by atoms with Gasteiger partial charge in [-0.25, -0.2) is 4.79 Å². The predicted octanol–water partition coefficient (Wildman–Crippen LogP) is 1.55. The Bertz CT molecular complexity index is 559. The van der Waals surface area contributed by atoms with Crippen LogP contribution in [0.3, 0.4) is 0 Å². The summed E-state index contributed by atoms with van der Waals surface area (Å²) in [5, 5.41) is 1.14. The van der Waals surface area contributed by atoms with Crippen LogP contribution >= 0.6 is 23.1 Å². The number of ether oxygens (including phenoxy) is 1. The van der Waals surface area contributed by atoms with Crippen LogP contribution in [0.4, 0.5) is 10.7 Å². The van der Waals surface area contributed by atoms with Gasteiger partial charge in [-0.05, 0) is 6.92 Å². The van der Waals surface area contributed by atoms with E-state index in [1.54, 1.807) is 6.92 Å². The molecule has 0 aliphatic carbocycles. The zero-order chi connectivity index (χ0) is 15.6. The molecule has 1 fully saturated rings. The Kier molecular flexibility index (Phi) is 5.00. The minimum atomic E-state index is -0.617. The SMILES string of the molecule is CCOC(=O)c1c(N2CCSC(C)C2)sc(C(N)=O)c1N. The van der Waals surface area contributed by atoms with Crippen molar-refractivity contribution in [3.8, 4) is 0 Å². The molecule has 1 aromatic heterocycles. The van der Waals surface area contributed by atoms with Crippen molar-refractivity contribution in [1.29, 1.82) is 0 Å². The number of thiophene rings is 1. The molecule has 0 bridgehead atoms. The summed E-state index contributed by atoms with van der Waals surface area (Å²) in [6.07, 6.45) is 0. The van der Waals surface area contributed by atoms with Gasteiger partial charge in [-0.15, -0.1) is 11.3 Å². The van der Waals surface area contributed by atoms with Gasteiger partial charge in [0.15, 0.2) is 0 Å². The van der Waals surface area contributed by atoms with E-state index in [9.17, 15) is 9.59 Å². The molecule has 1 unspecified atom stereocenters. The van der Waals surface area contributed by atoms with Crippen LogP contribution in [0.15, 0.2) is 0 Å². The van der Waals surface area contributed by atoms with Crippen LogP contribution < -0.4 is 16.4 Å². The third-order valence-corrected chi connectivity index (χ3v) is 5.58. The summed E-state index contributed by atoms with van der Waals surface area (Å²) >= 11 is 3.06. The standard InChI is InChI=1S/C13H19N3O3S2/c1-3-19-13(18)8-9(14)10(11(15)17)21-12(8)16-4-5-20-7(2)6-16/h7H,3-6,14H2,1-2H3,(H2,15,17). The molecule has 0 spiro atoms. The topological polar surface area (TPSA) is 98.6 Å². The Balaban J connectivity index is 2.45. The number of nitrogens with two attached hydrogens (primary N) is 2. The molecule has 116 valence electrons. The number of rotatable bonds is 4. The number of thioether (sulfide) groups is 1. The molecule has 21 heavy (non-hydrogen) atoms. The van der Waals surface area contributed by atoms with Gasteiger partial charge in [-0.2, -0.15) is 11.8 Å². The normalized spacial score (nSPS) is 18.6. The highest BCUT2D eigenvalue weighted by molar-refractivity contribution is 8.00. The zero-order valence-electron chi connectivity index (χ0n) is 12.0. The van der Waals surface area contributed by atoms with Crippen LogP contribution in [0, 0.1) is 0 Å². The number of hydrogen-bond acceptors (Lipinski definition) is 7. The second-order valence-corrected chi connectivity index (χ2v) is 7.28. The van der Waals surface area contributed by atoms with Crippen molar-refractivity contribution in [3.05, 3.63) is 10.4 Å². The van der Waals surface area contributed by atoms with E-state index in [0.29, 0.717) is 10.3 Å². The fourth-order valence-corrected chi connectivity index (χ4v) is 4.35. The number of amides is 1. The Morgan fingerprint density at radius 1 is 1.48 bits per heavy atom. The Morgan fingerprint density at radius 3 is 2.76 bits per heavy atom. The molecule has 6 nitrogen and oxygen atoms in total. The molecular weight excluding hydrogens is 310 g/mol. The summed E-state index contributed by atoms with van der Waals surface area (Å²) in [5.41, 5.74) is 11.7. The van der Waals surface area contributed by atoms with Gasteiger partial charge in [0.05, 0.1) is 12.3 Å². The van der Waals surface area contributed by atoms with E-state index in [1.165, 1.54) is 11.3 Å². The van der Waals surface area contributed by atoms with Crippen molar-refractivity contribution in [2.45, 2.75) is 19.1 Å². The summed E-state index contributed by atoms with van der Waals surface area (Å²) in [6.45, 7) is 5.72. The average Bonchev–Trinajstić information content (AvgIpc) is 2.77. The second-order valence-electron chi connectivity index (χ2n) is 4.74. The smallest absolute Gasteiger partial charge is 0.343 e. The van der Waals surface area contributed by atoms with E-state index in [1.807, 2.05) is 11.8 Å². The molecule has 8 heteroatoms. The molecule has 0 saturated carbocycles. The molecule has 4 N–H and O–H groups in total. The van der Waals surface area contributed by atoms with E-state index in [4.69, 9.17) is 16.2 Å². The first kappa shape index (κ1) is 16.0. The maximum atomic E-state index is 12.2. The summed E-state index contributed by atoms with van der Waals surface area (Å²) in [7, 11) is 0. The lowest BCUT2D eigenvalue weighted by atomic mass is 10.2. The van der Waals surface area contributed by atoms with E-state index in [-0.39, 0.29) is 22.7 Å². The van der Waals surface area contributed by atoms with Crippen LogP contribution in [-0.2, 0) is 4.74 Å². The molecule has 1 atom stereocenters. The van der Waals surface area contributed by atoms with Crippen molar-refractivity contribution in [2.24, 2.45) is 5.73 Å². The first-order chi connectivity index (χ1) is 9.95. The first-order valence-corrected chi connectivity index (χ1v) is 8.58. The number of esters is 1. The summed E-state index contributed by atoms with van der Waals surface area (Å²) in [5.74, 6) is -0.152. The van der Waals surface area contributed by atoms with Crippen LogP contribution in [-0.4, -0.2) is 42.6 Å². The van der Waals surface area contributed by atoms with Gasteiger partial charge in [0.1, 0.15) is 15.4 Å². The second kappa shape index (κ2) is 6.57. The summed E-state index contributed by atoms with van der Waals surface area (Å²) in [6, 6.07) is 0. The molecule has 2 heterocycles. The Hall–Kier alpha value is -1.41. The van der Waals surface area contributed by atoms with Gasteiger partial charge in [0, 0.05) is 24.1 Å². The number of primary amides is 1. The number of hydrogen-bond donors (Lipinski definition) is 2. The largest absolute Gasteiger partial charge is 0.462 e. The number of carbonyl (C=O) groups excluding carboxylic acids is 2. The van der Waals surface area contributed by atoms with Gasteiger partial charge < -0.3 is 21.1 Å². The van der Waals surface area contributed by atoms with Crippen molar-refractivity contribution >= 4 is 45.7 Å². The van der Waals surface area contributed by atoms with Crippen molar-refractivity contribution in [2.75, 3.05) is 36.1 Å². The summed E-state index contributed by atoms with van der Waals surface area (Å²) < 4.78 is 5.06. The monoisotopic (exact) mass is 329 g/mol. The van der Waals surface area contributed by atoms with Crippen molar-refractivity contribution in [3.63, 3.8) is 0 Å². The van der Waals surface area contributed by atoms with Crippen LogP contribution in [0.1, 0.15) is 33.9 Å². The first-order valence-electron chi connectivity index (χ1n) is 6.71. The van der Waals surface area contributed by atoms with Crippen LogP contribution in [0.25, 0.3) is 0 Å². The van der Waals surface area contributed by atoms with Gasteiger partial charge in [-0.3, -0.25) is 4.79 Å². The van der Waals surface area contributed by atoms with Crippen LogP contribution in [0.2, 0.25) is 0 Å². The average molecular weight is 329 g/mol. The third-order valence-electron chi connectivity index (χ3n) is 3.16. The quantitative estimate of drug-likeness (QED) is 0.813. The maximum absolute atomic E-state index is 12.2. The highest BCUT2D eigenvalue weighted by atomic mass is 32.2. The number of anilines is 2. The summed E-state index contributed by atoms with van der Waals surface area (Å²) in [4.78, 5) is 26.0. The Morgan fingerprint density at radius 2 is 2.19 bits per heavy atom. The lowest BCUT2D eigenvalue weighted by Gasteiger charge is -2.31. The number of carbonyl (C=O) groups is 2. The lowest BCUT2D eigenvalue weighted by molar-refractivity contribution is 0.0529. The fourth-order valence-electron chi connectivity index (χ4n) is 2.24. The van der Waals surface area contributed by atoms with E-state index in [2.05, 4.69) is 11.8 Å². The number of nitrogens with zero attached hydrogens (tertiary/aromatic N) is 1. The number of nitrogen functional groups attached to an aromatic ring is 1. The van der Waals surface area contributed by atoms with E-state index >= 15 is 0 Å². The highest BCUT2D eigenvalue weighted by Crippen LogP contribution is 2.40. The lowest BCUT2D eigenvalue weighted by Crippen LogP contribution is -2.37. The highest BCUT2D eigenvalue weighted by Gasteiger charge is 2.30. The molecule has 1 saturated heterocycles. The van der Waals surface area contributed by atoms with Crippen LogP contribution in [0.5, 0.6) is 0 Å². The third kappa shape index (κ3) is 3.26.